The van der Waals surface area contributed by atoms with Gasteiger partial charge in [0, 0.05) is 13.2 Å². The van der Waals surface area contributed by atoms with Crippen LogP contribution in [-0.2, 0) is 16.1 Å². The molecule has 1 saturated heterocycles. The predicted octanol–water partition coefficient (Wildman–Crippen LogP) is 1.64. The zero-order valence-electron chi connectivity index (χ0n) is 10.6. The molecule has 1 aromatic heterocycles. The fourth-order valence-electron chi connectivity index (χ4n) is 2.17. The summed E-state index contributed by atoms with van der Waals surface area (Å²) in [7, 11) is 0. The zero-order chi connectivity index (χ0) is 12.4. The molecule has 0 aliphatic carbocycles. The Hall–Kier alpha value is -1.36. The molecule has 0 spiro atoms. The first-order valence-electron chi connectivity index (χ1n) is 6.10. The average Bonchev–Trinajstić information content (AvgIpc) is 2.92. The SMILES string of the molecule is CCn1nc(C)c(NC(=O)[C@H]2CCCO2)c1C. The lowest BCUT2D eigenvalue weighted by Crippen LogP contribution is -2.27. The largest absolute Gasteiger partial charge is 0.368 e. The van der Waals surface area contributed by atoms with E-state index >= 15 is 0 Å². The fraction of sp³-hybridized carbons (Fsp3) is 0.667. The highest BCUT2D eigenvalue weighted by molar-refractivity contribution is 5.95. The topological polar surface area (TPSA) is 56.2 Å². The van der Waals surface area contributed by atoms with Crippen LogP contribution < -0.4 is 5.32 Å². The van der Waals surface area contributed by atoms with Gasteiger partial charge in [-0.25, -0.2) is 0 Å². The number of aryl methyl sites for hydroxylation is 2. The molecule has 1 N–H and O–H groups in total. The molecule has 1 aromatic rings. The van der Waals surface area contributed by atoms with Gasteiger partial charge in [0.1, 0.15) is 6.10 Å². The van der Waals surface area contributed by atoms with Gasteiger partial charge in [0.05, 0.1) is 17.1 Å². The van der Waals surface area contributed by atoms with Crippen LogP contribution >= 0.6 is 0 Å². The van der Waals surface area contributed by atoms with Gasteiger partial charge >= 0.3 is 0 Å². The van der Waals surface area contributed by atoms with E-state index in [2.05, 4.69) is 10.4 Å². The Morgan fingerprint density at radius 3 is 2.88 bits per heavy atom. The summed E-state index contributed by atoms with van der Waals surface area (Å²) in [5.41, 5.74) is 2.68. The summed E-state index contributed by atoms with van der Waals surface area (Å²) in [5.74, 6) is -0.0515. The van der Waals surface area contributed by atoms with E-state index in [1.165, 1.54) is 0 Å². The second-order valence-corrected chi connectivity index (χ2v) is 4.35. The van der Waals surface area contributed by atoms with E-state index in [1.807, 2.05) is 25.5 Å². The van der Waals surface area contributed by atoms with Crippen molar-refractivity contribution in [1.29, 1.82) is 0 Å². The summed E-state index contributed by atoms with van der Waals surface area (Å²) in [4.78, 5) is 11.9. The Morgan fingerprint density at radius 1 is 1.59 bits per heavy atom. The van der Waals surface area contributed by atoms with Crippen molar-refractivity contribution in [3.05, 3.63) is 11.4 Å². The summed E-state index contributed by atoms with van der Waals surface area (Å²) in [6.07, 6.45) is 1.48. The maximum absolute atomic E-state index is 11.9. The maximum atomic E-state index is 11.9. The van der Waals surface area contributed by atoms with Gasteiger partial charge in [0.15, 0.2) is 0 Å². The molecule has 1 aliphatic heterocycles. The summed E-state index contributed by atoms with van der Waals surface area (Å²) in [6, 6.07) is 0. The number of carbonyl (C=O) groups excluding carboxylic acids is 1. The lowest BCUT2D eigenvalue weighted by Gasteiger charge is -2.10. The van der Waals surface area contributed by atoms with Crippen LogP contribution in [-0.4, -0.2) is 28.4 Å². The van der Waals surface area contributed by atoms with Crippen LogP contribution in [0.2, 0.25) is 0 Å². The first kappa shape index (κ1) is 12.1. The first-order chi connectivity index (χ1) is 8.13. The second kappa shape index (κ2) is 4.87. The lowest BCUT2D eigenvalue weighted by molar-refractivity contribution is -0.124. The van der Waals surface area contributed by atoms with E-state index in [0.29, 0.717) is 6.61 Å². The minimum absolute atomic E-state index is 0.0515. The third-order valence-electron chi connectivity index (χ3n) is 3.15. The summed E-state index contributed by atoms with van der Waals surface area (Å²) < 4.78 is 7.25. The number of carbonyl (C=O) groups is 1. The standard InChI is InChI=1S/C12H19N3O2/c1-4-15-9(3)11(8(2)14-15)13-12(16)10-6-5-7-17-10/h10H,4-7H2,1-3H3,(H,13,16)/t10-/m1/s1. The van der Waals surface area contributed by atoms with Crippen molar-refractivity contribution in [3.8, 4) is 0 Å². The van der Waals surface area contributed by atoms with Crippen LogP contribution in [0.25, 0.3) is 0 Å². The minimum atomic E-state index is -0.293. The molecule has 1 aliphatic rings. The maximum Gasteiger partial charge on any atom is 0.253 e. The van der Waals surface area contributed by atoms with Crippen molar-refractivity contribution in [1.82, 2.24) is 9.78 Å². The number of hydrogen-bond donors (Lipinski definition) is 1. The third kappa shape index (κ3) is 2.34. The van der Waals surface area contributed by atoms with Crippen molar-refractivity contribution < 1.29 is 9.53 Å². The molecule has 2 rings (SSSR count). The van der Waals surface area contributed by atoms with E-state index in [9.17, 15) is 4.79 Å². The summed E-state index contributed by atoms with van der Waals surface area (Å²) in [6.45, 7) is 7.40. The molecule has 17 heavy (non-hydrogen) atoms. The molecule has 0 radical (unpaired) electrons. The molecule has 0 unspecified atom stereocenters. The lowest BCUT2D eigenvalue weighted by atomic mass is 10.2. The van der Waals surface area contributed by atoms with Gasteiger partial charge in [-0.15, -0.1) is 0 Å². The monoisotopic (exact) mass is 237 g/mol. The molecule has 1 atom stereocenters. The number of hydrogen-bond acceptors (Lipinski definition) is 3. The number of aromatic nitrogens is 2. The number of ether oxygens (including phenoxy) is 1. The number of rotatable bonds is 3. The first-order valence-corrected chi connectivity index (χ1v) is 6.10. The number of nitrogens with one attached hydrogen (secondary N) is 1. The highest BCUT2D eigenvalue weighted by atomic mass is 16.5. The zero-order valence-corrected chi connectivity index (χ0v) is 10.6. The molecule has 0 saturated carbocycles. The van der Waals surface area contributed by atoms with Crippen molar-refractivity contribution in [3.63, 3.8) is 0 Å². The van der Waals surface area contributed by atoms with Crippen molar-refractivity contribution in [2.24, 2.45) is 0 Å². The average molecular weight is 237 g/mol. The van der Waals surface area contributed by atoms with E-state index in [-0.39, 0.29) is 12.0 Å². The van der Waals surface area contributed by atoms with E-state index in [4.69, 9.17) is 4.74 Å². The molecule has 1 fully saturated rings. The smallest absolute Gasteiger partial charge is 0.253 e. The molecule has 0 bridgehead atoms. The van der Waals surface area contributed by atoms with Gasteiger partial charge in [-0.1, -0.05) is 0 Å². The Labute approximate surface area is 101 Å². The van der Waals surface area contributed by atoms with Gasteiger partial charge in [0.2, 0.25) is 0 Å². The van der Waals surface area contributed by atoms with Crippen LogP contribution in [0.1, 0.15) is 31.2 Å². The van der Waals surface area contributed by atoms with Crippen LogP contribution in [0.4, 0.5) is 5.69 Å². The summed E-state index contributed by atoms with van der Waals surface area (Å²) >= 11 is 0. The Morgan fingerprint density at radius 2 is 2.35 bits per heavy atom. The third-order valence-corrected chi connectivity index (χ3v) is 3.15. The van der Waals surface area contributed by atoms with Crippen molar-refractivity contribution >= 4 is 11.6 Å². The number of amides is 1. The molecular formula is C12H19N3O2. The van der Waals surface area contributed by atoms with Gasteiger partial charge < -0.3 is 10.1 Å². The van der Waals surface area contributed by atoms with Crippen LogP contribution in [0.3, 0.4) is 0 Å². The number of anilines is 1. The Bertz CT molecular complexity index is 420. The molecule has 1 amide bonds. The predicted molar refractivity (Wildman–Crippen MR) is 65.0 cm³/mol. The number of nitrogens with zero attached hydrogens (tertiary/aromatic N) is 2. The van der Waals surface area contributed by atoms with Gasteiger partial charge in [-0.05, 0) is 33.6 Å². The van der Waals surface area contributed by atoms with E-state index in [1.54, 1.807) is 0 Å². The molecule has 94 valence electrons. The Kier molecular flexibility index (Phi) is 3.47. The second-order valence-electron chi connectivity index (χ2n) is 4.35. The fourth-order valence-corrected chi connectivity index (χ4v) is 2.17. The van der Waals surface area contributed by atoms with Crippen molar-refractivity contribution in [2.75, 3.05) is 11.9 Å². The minimum Gasteiger partial charge on any atom is -0.368 e. The molecule has 0 aromatic carbocycles. The van der Waals surface area contributed by atoms with Crippen molar-refractivity contribution in [2.45, 2.75) is 46.3 Å². The Balaban J connectivity index is 2.12. The van der Waals surface area contributed by atoms with E-state index < -0.39 is 0 Å². The van der Waals surface area contributed by atoms with E-state index in [0.717, 1.165) is 36.5 Å². The molecule has 5 nitrogen and oxygen atoms in total. The molecule has 5 heteroatoms. The van der Waals surface area contributed by atoms with Gasteiger partial charge in [-0.3, -0.25) is 9.48 Å². The van der Waals surface area contributed by atoms with Crippen LogP contribution in [0, 0.1) is 13.8 Å². The molecular weight excluding hydrogens is 218 g/mol. The highest BCUT2D eigenvalue weighted by Crippen LogP contribution is 2.21. The van der Waals surface area contributed by atoms with Gasteiger partial charge in [0.25, 0.3) is 5.91 Å². The molecule has 2 heterocycles. The van der Waals surface area contributed by atoms with Crippen LogP contribution in [0.5, 0.6) is 0 Å². The van der Waals surface area contributed by atoms with Crippen LogP contribution in [0.15, 0.2) is 0 Å². The highest BCUT2D eigenvalue weighted by Gasteiger charge is 2.25. The summed E-state index contributed by atoms with van der Waals surface area (Å²) in [5, 5.41) is 7.30. The van der Waals surface area contributed by atoms with Gasteiger partial charge in [-0.2, -0.15) is 5.10 Å². The quantitative estimate of drug-likeness (QED) is 0.869. The normalized spacial score (nSPS) is 19.6.